The molecule has 2 amide bonds. The first-order valence-corrected chi connectivity index (χ1v) is 8.78. The van der Waals surface area contributed by atoms with Gasteiger partial charge in [0.15, 0.2) is 0 Å². The predicted molar refractivity (Wildman–Crippen MR) is 92.1 cm³/mol. The van der Waals surface area contributed by atoms with E-state index in [1.54, 1.807) is 0 Å². The highest BCUT2D eigenvalue weighted by Crippen LogP contribution is 2.19. The summed E-state index contributed by atoms with van der Waals surface area (Å²) in [5.41, 5.74) is 1.04. The Balaban J connectivity index is 1.73. The van der Waals surface area contributed by atoms with Crippen molar-refractivity contribution in [3.05, 3.63) is 34.9 Å². The fourth-order valence-electron chi connectivity index (χ4n) is 2.81. The molecule has 23 heavy (non-hydrogen) atoms. The summed E-state index contributed by atoms with van der Waals surface area (Å²) < 4.78 is 0. The zero-order valence-electron chi connectivity index (χ0n) is 13.7. The Labute approximate surface area is 143 Å². The number of rotatable bonds is 6. The van der Waals surface area contributed by atoms with E-state index in [9.17, 15) is 9.59 Å². The fraction of sp³-hybridized carbons (Fsp3) is 0.556. The lowest BCUT2D eigenvalue weighted by Gasteiger charge is -2.31. The number of benzene rings is 1. The summed E-state index contributed by atoms with van der Waals surface area (Å²) in [6, 6.07) is 7.47. The van der Waals surface area contributed by atoms with Crippen LogP contribution in [0.5, 0.6) is 0 Å². The van der Waals surface area contributed by atoms with Crippen LogP contribution < -0.4 is 5.32 Å². The van der Waals surface area contributed by atoms with E-state index in [0.29, 0.717) is 31.1 Å². The quantitative estimate of drug-likeness (QED) is 0.865. The highest BCUT2D eigenvalue weighted by atomic mass is 35.5. The zero-order chi connectivity index (χ0) is 16.7. The van der Waals surface area contributed by atoms with Gasteiger partial charge in [-0.05, 0) is 37.0 Å². The van der Waals surface area contributed by atoms with Crippen molar-refractivity contribution in [1.82, 2.24) is 10.2 Å². The van der Waals surface area contributed by atoms with Gasteiger partial charge < -0.3 is 10.2 Å². The van der Waals surface area contributed by atoms with Crippen LogP contribution in [0.4, 0.5) is 0 Å². The number of nitrogens with one attached hydrogen (secondary N) is 1. The monoisotopic (exact) mass is 336 g/mol. The largest absolute Gasteiger partial charge is 0.352 e. The number of carbonyl (C=O) groups is 2. The number of amides is 2. The number of carbonyl (C=O) groups excluding carboxylic acids is 2. The van der Waals surface area contributed by atoms with E-state index in [1.165, 1.54) is 0 Å². The predicted octanol–water partition coefficient (Wildman–Crippen LogP) is 3.39. The first kappa shape index (κ1) is 17.8. The molecule has 5 heteroatoms. The molecule has 1 saturated heterocycles. The highest BCUT2D eigenvalue weighted by molar-refractivity contribution is 6.30. The molecule has 0 aromatic heterocycles. The van der Waals surface area contributed by atoms with Crippen molar-refractivity contribution in [3.8, 4) is 0 Å². The van der Waals surface area contributed by atoms with Gasteiger partial charge in [0.05, 0.1) is 0 Å². The molecule has 1 aromatic carbocycles. The summed E-state index contributed by atoms with van der Waals surface area (Å²) >= 11 is 5.85. The highest BCUT2D eigenvalue weighted by Gasteiger charge is 2.26. The second kappa shape index (κ2) is 8.92. The third kappa shape index (κ3) is 5.54. The van der Waals surface area contributed by atoms with Crippen molar-refractivity contribution in [1.29, 1.82) is 0 Å². The van der Waals surface area contributed by atoms with Crippen LogP contribution in [0, 0.1) is 5.92 Å². The second-order valence-electron chi connectivity index (χ2n) is 6.10. The Bertz CT molecular complexity index is 522. The van der Waals surface area contributed by atoms with Crippen LogP contribution in [0.25, 0.3) is 0 Å². The number of halogens is 1. The van der Waals surface area contributed by atoms with Crippen LogP contribution in [0.2, 0.25) is 5.02 Å². The lowest BCUT2D eigenvalue weighted by Crippen LogP contribution is -2.42. The van der Waals surface area contributed by atoms with Gasteiger partial charge in [0.1, 0.15) is 0 Å². The average Bonchev–Trinajstić information content (AvgIpc) is 2.59. The molecule has 1 fully saturated rings. The van der Waals surface area contributed by atoms with Crippen molar-refractivity contribution in [2.24, 2.45) is 5.92 Å². The minimum atomic E-state index is 0.0116. The van der Waals surface area contributed by atoms with Gasteiger partial charge in [0.2, 0.25) is 11.8 Å². The second-order valence-corrected chi connectivity index (χ2v) is 6.54. The summed E-state index contributed by atoms with van der Waals surface area (Å²) in [6.45, 7) is 4.00. The first-order chi connectivity index (χ1) is 11.1. The van der Waals surface area contributed by atoms with Gasteiger partial charge in [0, 0.05) is 37.0 Å². The molecule has 0 saturated carbocycles. The van der Waals surface area contributed by atoms with Crippen LogP contribution in [0.1, 0.15) is 44.6 Å². The Morgan fingerprint density at radius 3 is 2.48 bits per heavy atom. The molecule has 1 aliphatic heterocycles. The summed E-state index contributed by atoms with van der Waals surface area (Å²) in [5, 5.41) is 3.68. The number of likely N-dealkylation sites (tertiary alicyclic amines) is 1. The lowest BCUT2D eigenvalue weighted by atomic mass is 9.95. The maximum atomic E-state index is 12.2. The van der Waals surface area contributed by atoms with Crippen LogP contribution >= 0.6 is 11.6 Å². The summed E-state index contributed by atoms with van der Waals surface area (Å²) in [5.74, 6) is 0.324. The minimum absolute atomic E-state index is 0.0116. The van der Waals surface area contributed by atoms with Gasteiger partial charge >= 0.3 is 0 Å². The minimum Gasteiger partial charge on any atom is -0.352 e. The van der Waals surface area contributed by atoms with E-state index in [1.807, 2.05) is 29.2 Å². The van der Waals surface area contributed by atoms with Crippen molar-refractivity contribution < 1.29 is 9.59 Å². The van der Waals surface area contributed by atoms with Crippen molar-refractivity contribution in [2.75, 3.05) is 13.1 Å². The number of hydrogen-bond donors (Lipinski definition) is 1. The smallest absolute Gasteiger partial charge is 0.223 e. The summed E-state index contributed by atoms with van der Waals surface area (Å²) in [6.07, 6.45) is 4.12. The van der Waals surface area contributed by atoms with E-state index >= 15 is 0 Å². The molecule has 4 nitrogen and oxygen atoms in total. The average molecular weight is 337 g/mol. The Morgan fingerprint density at radius 1 is 1.22 bits per heavy atom. The molecule has 1 N–H and O–H groups in total. The van der Waals surface area contributed by atoms with E-state index in [4.69, 9.17) is 11.6 Å². The van der Waals surface area contributed by atoms with Gasteiger partial charge in [-0.3, -0.25) is 9.59 Å². The number of unbranched alkanes of at least 4 members (excludes halogenated alkanes) is 1. The third-order valence-electron chi connectivity index (χ3n) is 4.34. The molecule has 0 unspecified atom stereocenters. The number of piperidine rings is 1. The van der Waals surface area contributed by atoms with Crippen LogP contribution in [-0.4, -0.2) is 29.8 Å². The molecule has 1 aliphatic rings. The topological polar surface area (TPSA) is 49.4 Å². The molecular formula is C18H25ClN2O2. The lowest BCUT2D eigenvalue weighted by molar-refractivity contribution is -0.135. The van der Waals surface area contributed by atoms with E-state index in [2.05, 4.69) is 12.2 Å². The van der Waals surface area contributed by atoms with E-state index < -0.39 is 0 Å². The molecule has 0 spiro atoms. The molecule has 0 atom stereocenters. The molecule has 0 bridgehead atoms. The van der Waals surface area contributed by atoms with Gasteiger partial charge in [-0.1, -0.05) is 37.1 Å². The molecule has 0 radical (unpaired) electrons. The van der Waals surface area contributed by atoms with Gasteiger partial charge in [0.25, 0.3) is 0 Å². The van der Waals surface area contributed by atoms with Crippen LogP contribution in [-0.2, 0) is 16.1 Å². The molecule has 1 heterocycles. The molecule has 126 valence electrons. The van der Waals surface area contributed by atoms with E-state index in [-0.39, 0.29) is 17.7 Å². The fourth-order valence-corrected chi connectivity index (χ4v) is 2.94. The summed E-state index contributed by atoms with van der Waals surface area (Å²) in [4.78, 5) is 26.1. The third-order valence-corrected chi connectivity index (χ3v) is 4.59. The van der Waals surface area contributed by atoms with Crippen LogP contribution in [0.3, 0.4) is 0 Å². The first-order valence-electron chi connectivity index (χ1n) is 8.40. The number of hydrogen-bond acceptors (Lipinski definition) is 2. The van der Waals surface area contributed by atoms with Gasteiger partial charge in [-0.25, -0.2) is 0 Å². The van der Waals surface area contributed by atoms with E-state index in [0.717, 1.165) is 31.2 Å². The standard InChI is InChI=1S/C18H25ClN2O2/c1-2-3-4-17(22)21-11-9-15(10-12-21)18(23)20-13-14-5-7-16(19)8-6-14/h5-8,15H,2-4,9-13H2,1H3,(H,20,23). The zero-order valence-corrected chi connectivity index (χ0v) is 14.4. The number of nitrogens with zero attached hydrogens (tertiary/aromatic N) is 1. The van der Waals surface area contributed by atoms with Gasteiger partial charge in [-0.15, -0.1) is 0 Å². The molecular weight excluding hydrogens is 312 g/mol. The SMILES string of the molecule is CCCCC(=O)N1CCC(C(=O)NCc2ccc(Cl)cc2)CC1. The Kier molecular flexibility index (Phi) is 6.90. The Hall–Kier alpha value is -1.55. The molecule has 1 aromatic rings. The molecule has 2 rings (SSSR count). The van der Waals surface area contributed by atoms with Gasteiger partial charge in [-0.2, -0.15) is 0 Å². The molecule has 0 aliphatic carbocycles. The van der Waals surface area contributed by atoms with Crippen LogP contribution in [0.15, 0.2) is 24.3 Å². The summed E-state index contributed by atoms with van der Waals surface area (Å²) in [7, 11) is 0. The van der Waals surface area contributed by atoms with Crippen molar-refractivity contribution >= 4 is 23.4 Å². The normalized spacial score (nSPS) is 15.5. The maximum Gasteiger partial charge on any atom is 0.223 e. The van der Waals surface area contributed by atoms with Crippen molar-refractivity contribution in [2.45, 2.75) is 45.6 Å². The Morgan fingerprint density at radius 2 is 1.87 bits per heavy atom. The maximum absolute atomic E-state index is 12.2. The van der Waals surface area contributed by atoms with Crippen molar-refractivity contribution in [3.63, 3.8) is 0 Å².